The van der Waals surface area contributed by atoms with E-state index in [-0.39, 0.29) is 17.4 Å². The van der Waals surface area contributed by atoms with Crippen molar-refractivity contribution in [3.8, 4) is 0 Å². The highest BCUT2D eigenvalue weighted by molar-refractivity contribution is 6.07. The van der Waals surface area contributed by atoms with Crippen LogP contribution >= 0.6 is 0 Å². The summed E-state index contributed by atoms with van der Waals surface area (Å²) >= 11 is 0. The van der Waals surface area contributed by atoms with Crippen LogP contribution in [-0.2, 0) is 10.3 Å². The van der Waals surface area contributed by atoms with Gasteiger partial charge >= 0.3 is 6.03 Å². The quantitative estimate of drug-likeness (QED) is 0.742. The number of aromatic nitrogens is 2. The minimum absolute atomic E-state index is 0.138. The number of aryl methyl sites for hydroxylation is 1. The Morgan fingerprint density at radius 2 is 1.88 bits per heavy atom. The molecule has 1 aromatic rings. The summed E-state index contributed by atoms with van der Waals surface area (Å²) in [5.74, 6) is -0.437. The van der Waals surface area contributed by atoms with E-state index in [0.29, 0.717) is 31.6 Å². The molecule has 2 N–H and O–H groups in total. The number of hydrogen-bond acceptors (Lipinski definition) is 4. The monoisotopic (exact) mass is 333 g/mol. The molecule has 0 aliphatic carbocycles. The number of imide groups is 1. The predicted octanol–water partition coefficient (Wildman–Crippen LogP) is 0.761. The van der Waals surface area contributed by atoms with Gasteiger partial charge in [-0.15, -0.1) is 0 Å². The average Bonchev–Trinajstić information content (AvgIpc) is 3.00. The fourth-order valence-corrected chi connectivity index (χ4v) is 3.39. The van der Waals surface area contributed by atoms with E-state index in [9.17, 15) is 14.4 Å². The van der Waals surface area contributed by atoms with Gasteiger partial charge in [-0.25, -0.2) is 4.79 Å². The number of carbonyl (C=O) groups is 3. The van der Waals surface area contributed by atoms with Gasteiger partial charge in [-0.3, -0.25) is 19.6 Å². The second-order valence-corrected chi connectivity index (χ2v) is 7.54. The summed E-state index contributed by atoms with van der Waals surface area (Å²) < 4.78 is 1.84. The molecule has 0 saturated carbocycles. The number of nitrogens with one attached hydrogen (secondary N) is 2. The molecule has 3 heterocycles. The molecule has 0 unspecified atom stereocenters. The first kappa shape index (κ1) is 16.5. The standard InChI is InChI=1S/C16H23N5O3/c1-10-9-11(19-21(10)15(2,3)4)12(22)20-7-5-16(6-8-20)13(23)17-14(24)18-16/h9H,5-8H2,1-4H3,(H2,17,18,23,24). The van der Waals surface area contributed by atoms with Gasteiger partial charge < -0.3 is 10.2 Å². The van der Waals surface area contributed by atoms with E-state index >= 15 is 0 Å². The molecule has 0 radical (unpaired) electrons. The van der Waals surface area contributed by atoms with Crippen molar-refractivity contribution < 1.29 is 14.4 Å². The molecule has 0 bridgehead atoms. The van der Waals surface area contributed by atoms with Gasteiger partial charge in [0.05, 0.1) is 5.54 Å². The van der Waals surface area contributed by atoms with Gasteiger partial charge in [0.25, 0.3) is 11.8 Å². The maximum absolute atomic E-state index is 12.7. The van der Waals surface area contributed by atoms with Gasteiger partial charge in [0.15, 0.2) is 5.69 Å². The summed E-state index contributed by atoms with van der Waals surface area (Å²) in [4.78, 5) is 37.7. The highest BCUT2D eigenvalue weighted by Gasteiger charge is 2.48. The maximum atomic E-state index is 12.7. The SMILES string of the molecule is Cc1cc(C(=O)N2CCC3(CC2)NC(=O)NC3=O)nn1C(C)(C)C. The van der Waals surface area contributed by atoms with Crippen molar-refractivity contribution in [2.24, 2.45) is 0 Å². The van der Waals surface area contributed by atoms with E-state index in [1.165, 1.54) is 0 Å². The third-order valence-corrected chi connectivity index (χ3v) is 4.66. The summed E-state index contributed by atoms with van der Waals surface area (Å²) in [5, 5.41) is 9.42. The van der Waals surface area contributed by atoms with Crippen LogP contribution in [0.15, 0.2) is 6.07 Å². The lowest BCUT2D eigenvalue weighted by Gasteiger charge is -2.36. The van der Waals surface area contributed by atoms with Crippen molar-refractivity contribution in [2.75, 3.05) is 13.1 Å². The van der Waals surface area contributed by atoms with Crippen molar-refractivity contribution in [3.05, 3.63) is 17.5 Å². The highest BCUT2D eigenvalue weighted by atomic mass is 16.2. The number of amides is 4. The fraction of sp³-hybridized carbons (Fsp3) is 0.625. The molecule has 2 fully saturated rings. The number of hydrogen-bond donors (Lipinski definition) is 2. The minimum Gasteiger partial charge on any atom is -0.337 e. The van der Waals surface area contributed by atoms with Crippen LogP contribution in [0.4, 0.5) is 4.79 Å². The van der Waals surface area contributed by atoms with Crippen molar-refractivity contribution in [2.45, 2.75) is 51.6 Å². The molecule has 4 amide bonds. The van der Waals surface area contributed by atoms with E-state index in [1.807, 2.05) is 32.4 Å². The second-order valence-electron chi connectivity index (χ2n) is 7.54. The second kappa shape index (κ2) is 5.32. The van der Waals surface area contributed by atoms with E-state index in [0.717, 1.165) is 5.69 Å². The Morgan fingerprint density at radius 1 is 1.25 bits per heavy atom. The van der Waals surface area contributed by atoms with Crippen molar-refractivity contribution >= 4 is 17.8 Å². The first-order valence-corrected chi connectivity index (χ1v) is 8.12. The van der Waals surface area contributed by atoms with Crippen LogP contribution in [0.2, 0.25) is 0 Å². The predicted molar refractivity (Wildman–Crippen MR) is 86.5 cm³/mol. The molecule has 0 aromatic carbocycles. The van der Waals surface area contributed by atoms with Gasteiger partial charge in [-0.05, 0) is 46.6 Å². The summed E-state index contributed by atoms with van der Waals surface area (Å²) in [6, 6.07) is 1.33. The maximum Gasteiger partial charge on any atom is 0.322 e. The zero-order valence-corrected chi connectivity index (χ0v) is 14.5. The van der Waals surface area contributed by atoms with Crippen molar-refractivity contribution in [1.29, 1.82) is 0 Å². The minimum atomic E-state index is -0.867. The first-order chi connectivity index (χ1) is 11.1. The number of urea groups is 1. The lowest BCUT2D eigenvalue weighted by atomic mass is 9.87. The van der Waals surface area contributed by atoms with Crippen LogP contribution in [0.25, 0.3) is 0 Å². The van der Waals surface area contributed by atoms with Gasteiger partial charge in [0.2, 0.25) is 0 Å². The molecule has 2 aliphatic rings. The van der Waals surface area contributed by atoms with E-state index in [4.69, 9.17) is 0 Å². The molecule has 8 heteroatoms. The normalized spacial score (nSPS) is 20.2. The zero-order chi connectivity index (χ0) is 17.7. The van der Waals surface area contributed by atoms with Crippen LogP contribution < -0.4 is 10.6 Å². The largest absolute Gasteiger partial charge is 0.337 e. The molecular formula is C16H23N5O3. The van der Waals surface area contributed by atoms with E-state index in [2.05, 4.69) is 15.7 Å². The van der Waals surface area contributed by atoms with Crippen LogP contribution in [0.5, 0.6) is 0 Å². The van der Waals surface area contributed by atoms with Gasteiger partial charge in [-0.2, -0.15) is 5.10 Å². The molecule has 3 rings (SSSR count). The van der Waals surface area contributed by atoms with E-state index < -0.39 is 11.6 Å². The molecule has 8 nitrogen and oxygen atoms in total. The Bertz CT molecular complexity index is 708. The molecule has 1 spiro atoms. The lowest BCUT2D eigenvalue weighted by Crippen LogP contribution is -2.55. The smallest absolute Gasteiger partial charge is 0.322 e. The number of carbonyl (C=O) groups excluding carboxylic acids is 3. The Morgan fingerprint density at radius 3 is 2.33 bits per heavy atom. The number of nitrogens with zero attached hydrogens (tertiary/aromatic N) is 3. The van der Waals surface area contributed by atoms with Crippen LogP contribution in [0, 0.1) is 6.92 Å². The zero-order valence-electron chi connectivity index (χ0n) is 14.5. The van der Waals surface area contributed by atoms with Crippen LogP contribution in [0.1, 0.15) is 49.8 Å². The fourth-order valence-electron chi connectivity index (χ4n) is 3.39. The van der Waals surface area contributed by atoms with Crippen molar-refractivity contribution in [1.82, 2.24) is 25.3 Å². The summed E-state index contributed by atoms with van der Waals surface area (Å²) in [6.45, 7) is 8.86. The lowest BCUT2D eigenvalue weighted by molar-refractivity contribution is -0.125. The molecule has 0 atom stereocenters. The molecular weight excluding hydrogens is 310 g/mol. The van der Waals surface area contributed by atoms with Gasteiger partial charge in [0.1, 0.15) is 5.54 Å². The number of rotatable bonds is 1. The van der Waals surface area contributed by atoms with Crippen LogP contribution in [-0.4, -0.2) is 51.2 Å². The third kappa shape index (κ3) is 2.65. The average molecular weight is 333 g/mol. The summed E-state index contributed by atoms with van der Waals surface area (Å²) in [5.41, 5.74) is 0.287. The Balaban J connectivity index is 1.72. The third-order valence-electron chi connectivity index (χ3n) is 4.66. The van der Waals surface area contributed by atoms with E-state index in [1.54, 1.807) is 11.0 Å². The summed E-state index contributed by atoms with van der Waals surface area (Å²) in [7, 11) is 0. The van der Waals surface area contributed by atoms with Crippen LogP contribution in [0.3, 0.4) is 0 Å². The Labute approximate surface area is 140 Å². The molecule has 2 saturated heterocycles. The highest BCUT2D eigenvalue weighted by Crippen LogP contribution is 2.26. The molecule has 130 valence electrons. The number of likely N-dealkylation sites (tertiary alicyclic amines) is 1. The van der Waals surface area contributed by atoms with Crippen molar-refractivity contribution in [3.63, 3.8) is 0 Å². The molecule has 1 aromatic heterocycles. The Kier molecular flexibility index (Phi) is 3.65. The Hall–Kier alpha value is -2.38. The van der Waals surface area contributed by atoms with Gasteiger partial charge in [-0.1, -0.05) is 0 Å². The first-order valence-electron chi connectivity index (χ1n) is 8.12. The summed E-state index contributed by atoms with van der Waals surface area (Å²) in [6.07, 6.45) is 0.824. The van der Waals surface area contributed by atoms with Gasteiger partial charge in [0, 0.05) is 18.8 Å². The topological polar surface area (TPSA) is 96.3 Å². The molecule has 24 heavy (non-hydrogen) atoms. The number of piperidine rings is 1. The molecule has 2 aliphatic heterocycles.